The number of amides is 1. The molecular formula is C15H16BrCl2NO. The van der Waals surface area contributed by atoms with Gasteiger partial charge in [-0.25, -0.2) is 0 Å². The van der Waals surface area contributed by atoms with Crippen LogP contribution in [0.3, 0.4) is 0 Å². The summed E-state index contributed by atoms with van der Waals surface area (Å²) in [4.78, 5) is 12.4. The topological polar surface area (TPSA) is 29.1 Å². The molecule has 1 aromatic rings. The first kappa shape index (κ1) is 15.9. The molecule has 0 unspecified atom stereocenters. The van der Waals surface area contributed by atoms with E-state index in [1.807, 2.05) is 39.0 Å². The normalized spacial score (nSPS) is 23.1. The van der Waals surface area contributed by atoms with Crippen LogP contribution in [0.25, 0.3) is 0 Å². The van der Waals surface area contributed by atoms with Crippen LogP contribution in [0, 0.1) is 24.2 Å². The van der Waals surface area contributed by atoms with Gasteiger partial charge in [0.2, 0.25) is 5.91 Å². The highest BCUT2D eigenvalue weighted by Crippen LogP contribution is 2.60. The maximum atomic E-state index is 12.4. The maximum Gasteiger partial charge on any atom is 0.228 e. The third kappa shape index (κ3) is 3.21. The molecule has 2 nitrogen and oxygen atoms in total. The molecule has 1 fully saturated rings. The van der Waals surface area contributed by atoms with E-state index in [9.17, 15) is 4.79 Å². The number of aryl methyl sites for hydroxylation is 1. The van der Waals surface area contributed by atoms with Gasteiger partial charge < -0.3 is 5.32 Å². The molecule has 1 saturated carbocycles. The third-order valence-electron chi connectivity index (χ3n) is 3.95. The van der Waals surface area contributed by atoms with Gasteiger partial charge in [-0.1, -0.05) is 53.0 Å². The summed E-state index contributed by atoms with van der Waals surface area (Å²) in [6.07, 6.45) is 1.75. The lowest BCUT2D eigenvalue weighted by molar-refractivity contribution is -0.118. The number of carbonyl (C=O) groups is 1. The lowest BCUT2D eigenvalue weighted by atomic mass is 10.1. The van der Waals surface area contributed by atoms with Crippen molar-refractivity contribution in [3.8, 4) is 0 Å². The average molecular weight is 377 g/mol. The van der Waals surface area contributed by atoms with E-state index in [-0.39, 0.29) is 27.6 Å². The Kier molecular flexibility index (Phi) is 4.53. The van der Waals surface area contributed by atoms with Crippen LogP contribution >= 0.6 is 39.1 Å². The Morgan fingerprint density at radius 2 is 2.05 bits per heavy atom. The van der Waals surface area contributed by atoms with Crippen molar-refractivity contribution in [1.29, 1.82) is 0 Å². The average Bonchev–Trinajstić information content (AvgIpc) is 2.83. The molecule has 2 atom stereocenters. The molecule has 0 heterocycles. The number of benzene rings is 1. The highest BCUT2D eigenvalue weighted by Gasteiger charge is 2.60. The first-order valence-electron chi connectivity index (χ1n) is 6.33. The SMILES string of the molecule is Cc1cc(Br)ccc1NC(=O)[C@H]1[C@@H](C=C(Cl)Cl)C1(C)C. The zero-order chi connectivity index (χ0) is 15.1. The number of hydrogen-bond acceptors (Lipinski definition) is 1. The molecule has 1 aromatic carbocycles. The quantitative estimate of drug-likeness (QED) is 0.763. The van der Waals surface area contributed by atoms with Gasteiger partial charge in [-0.05, 0) is 48.1 Å². The van der Waals surface area contributed by atoms with Crippen molar-refractivity contribution in [3.05, 3.63) is 38.8 Å². The van der Waals surface area contributed by atoms with Crippen molar-refractivity contribution in [3.63, 3.8) is 0 Å². The summed E-state index contributed by atoms with van der Waals surface area (Å²) in [6, 6.07) is 5.78. The van der Waals surface area contributed by atoms with Gasteiger partial charge in [0.15, 0.2) is 0 Å². The molecule has 1 aliphatic rings. The van der Waals surface area contributed by atoms with Crippen molar-refractivity contribution < 1.29 is 4.79 Å². The van der Waals surface area contributed by atoms with E-state index in [0.717, 1.165) is 15.7 Å². The number of anilines is 1. The molecule has 5 heteroatoms. The molecule has 1 aliphatic carbocycles. The van der Waals surface area contributed by atoms with E-state index in [0.29, 0.717) is 0 Å². The summed E-state index contributed by atoms with van der Waals surface area (Å²) >= 11 is 14.8. The maximum absolute atomic E-state index is 12.4. The van der Waals surface area contributed by atoms with Crippen molar-refractivity contribution in [2.24, 2.45) is 17.3 Å². The zero-order valence-corrected chi connectivity index (χ0v) is 14.6. The van der Waals surface area contributed by atoms with Gasteiger partial charge in [0, 0.05) is 10.2 Å². The summed E-state index contributed by atoms with van der Waals surface area (Å²) in [5.74, 6) is -0.00226. The van der Waals surface area contributed by atoms with Crippen molar-refractivity contribution in [2.75, 3.05) is 5.32 Å². The van der Waals surface area contributed by atoms with E-state index in [4.69, 9.17) is 23.2 Å². The minimum Gasteiger partial charge on any atom is -0.326 e. The Balaban J connectivity index is 2.12. The molecule has 0 bridgehead atoms. The summed E-state index contributed by atoms with van der Waals surface area (Å²) in [7, 11) is 0. The van der Waals surface area contributed by atoms with Crippen LogP contribution in [0.15, 0.2) is 33.2 Å². The zero-order valence-electron chi connectivity index (χ0n) is 11.5. The molecule has 1 amide bonds. The first-order valence-corrected chi connectivity index (χ1v) is 7.88. The summed E-state index contributed by atoms with van der Waals surface area (Å²) in [5, 5.41) is 2.98. The van der Waals surface area contributed by atoms with Crippen molar-refractivity contribution in [2.45, 2.75) is 20.8 Å². The molecule has 0 aliphatic heterocycles. The highest BCUT2D eigenvalue weighted by molar-refractivity contribution is 9.10. The predicted molar refractivity (Wildman–Crippen MR) is 88.1 cm³/mol. The monoisotopic (exact) mass is 375 g/mol. The molecule has 2 rings (SSSR count). The second kappa shape index (κ2) is 5.70. The standard InChI is InChI=1S/C15H16BrCl2NO/c1-8-6-9(16)4-5-11(8)19-14(20)13-10(7-12(17)18)15(13,2)3/h4-7,10,13H,1-3H3,(H,19,20)/t10-,13-/m1/s1. The minimum atomic E-state index is -0.109. The van der Waals surface area contributed by atoms with E-state index < -0.39 is 0 Å². The van der Waals surface area contributed by atoms with Crippen LogP contribution in [-0.2, 0) is 4.79 Å². The van der Waals surface area contributed by atoms with Gasteiger partial charge in [0.05, 0.1) is 5.92 Å². The third-order valence-corrected chi connectivity index (χ3v) is 4.69. The molecule has 108 valence electrons. The number of carbonyl (C=O) groups excluding carboxylic acids is 1. The van der Waals surface area contributed by atoms with Crippen LogP contribution in [0.2, 0.25) is 0 Å². The summed E-state index contributed by atoms with van der Waals surface area (Å²) in [6.45, 7) is 6.05. The lowest BCUT2D eigenvalue weighted by Gasteiger charge is -2.09. The van der Waals surface area contributed by atoms with Gasteiger partial charge in [0.25, 0.3) is 0 Å². The van der Waals surface area contributed by atoms with Crippen LogP contribution in [0.5, 0.6) is 0 Å². The van der Waals surface area contributed by atoms with Crippen LogP contribution < -0.4 is 5.32 Å². The van der Waals surface area contributed by atoms with Gasteiger partial charge >= 0.3 is 0 Å². The molecule has 0 aromatic heterocycles. The van der Waals surface area contributed by atoms with Crippen molar-refractivity contribution >= 4 is 50.7 Å². The van der Waals surface area contributed by atoms with Gasteiger partial charge in [-0.2, -0.15) is 0 Å². The van der Waals surface area contributed by atoms with E-state index in [2.05, 4.69) is 21.2 Å². The number of halogens is 3. The van der Waals surface area contributed by atoms with Gasteiger partial charge in [-0.3, -0.25) is 4.79 Å². The smallest absolute Gasteiger partial charge is 0.228 e. The molecule has 20 heavy (non-hydrogen) atoms. The number of rotatable bonds is 3. The van der Waals surface area contributed by atoms with E-state index in [1.54, 1.807) is 6.08 Å². The summed E-state index contributed by atoms with van der Waals surface area (Å²) < 4.78 is 1.22. The Morgan fingerprint density at radius 3 is 2.60 bits per heavy atom. The van der Waals surface area contributed by atoms with Crippen molar-refractivity contribution in [1.82, 2.24) is 0 Å². The molecule has 0 saturated heterocycles. The summed E-state index contributed by atoms with van der Waals surface area (Å²) in [5.41, 5.74) is 1.75. The van der Waals surface area contributed by atoms with Gasteiger partial charge in [-0.15, -0.1) is 0 Å². The molecular weight excluding hydrogens is 361 g/mol. The van der Waals surface area contributed by atoms with E-state index >= 15 is 0 Å². The Labute approximate surface area is 137 Å². The van der Waals surface area contributed by atoms with Crippen LogP contribution in [-0.4, -0.2) is 5.91 Å². The lowest BCUT2D eigenvalue weighted by Crippen LogP contribution is -2.17. The first-order chi connectivity index (χ1) is 9.23. The Morgan fingerprint density at radius 1 is 1.40 bits per heavy atom. The largest absolute Gasteiger partial charge is 0.326 e. The number of hydrogen-bond donors (Lipinski definition) is 1. The Bertz CT molecular complexity index is 579. The number of nitrogens with one attached hydrogen (secondary N) is 1. The van der Waals surface area contributed by atoms with Crippen LogP contribution in [0.1, 0.15) is 19.4 Å². The van der Waals surface area contributed by atoms with Crippen LogP contribution in [0.4, 0.5) is 5.69 Å². The highest BCUT2D eigenvalue weighted by atomic mass is 79.9. The number of allylic oxidation sites excluding steroid dienone is 1. The fourth-order valence-electron chi connectivity index (χ4n) is 2.60. The van der Waals surface area contributed by atoms with Gasteiger partial charge in [0.1, 0.15) is 4.49 Å². The minimum absolute atomic E-state index is 0.0104. The molecule has 1 N–H and O–H groups in total. The predicted octanol–water partition coefficient (Wildman–Crippen LogP) is 5.29. The fraction of sp³-hybridized carbons (Fsp3) is 0.400. The Hall–Kier alpha value is -0.510. The molecule has 0 spiro atoms. The second-order valence-corrected chi connectivity index (χ2v) is 7.65. The fourth-order valence-corrected chi connectivity index (χ4v) is 3.35. The second-order valence-electron chi connectivity index (χ2n) is 5.73. The molecule has 0 radical (unpaired) electrons. The van der Waals surface area contributed by atoms with E-state index in [1.165, 1.54) is 0 Å².